The van der Waals surface area contributed by atoms with E-state index in [1.165, 1.54) is 44.0 Å². The Kier molecular flexibility index (Phi) is 18.4. The number of fused-ring (bicyclic) bond motifs is 2. The van der Waals surface area contributed by atoms with Crippen molar-refractivity contribution in [2.24, 2.45) is 23.3 Å². The summed E-state index contributed by atoms with van der Waals surface area (Å²) < 4.78 is 25.6. The Morgan fingerprint density at radius 2 is 1.02 bits per heavy atom. The molecular weight excluding hydrogens is 765 g/mol. The maximum Gasteiger partial charge on any atom is 0.320 e. The van der Waals surface area contributed by atoms with Crippen LogP contribution in [0.4, 0.5) is 10.0 Å². The van der Waals surface area contributed by atoms with Crippen LogP contribution < -0.4 is 22.5 Å². The first kappa shape index (κ1) is 51.9. The number of thiophene rings is 2. The molecule has 7 N–H and O–H groups in total. The number of esters is 3. The van der Waals surface area contributed by atoms with Crippen LogP contribution in [0.2, 0.25) is 0 Å². The number of carbonyl (C=O) groups excluding carboxylic acids is 6. The third kappa shape index (κ3) is 12.0. The van der Waals surface area contributed by atoms with Gasteiger partial charge in [0.2, 0.25) is 5.91 Å². The fourth-order valence-electron chi connectivity index (χ4n) is 6.79. The number of anilines is 2. The van der Waals surface area contributed by atoms with Gasteiger partial charge in [0, 0.05) is 22.6 Å². The zero-order valence-electron chi connectivity index (χ0n) is 33.5. The normalized spacial score (nSPS) is 16.8. The number of amides is 3. The van der Waals surface area contributed by atoms with E-state index in [1.807, 2.05) is 55.4 Å². The van der Waals surface area contributed by atoms with Crippen LogP contribution in [-0.4, -0.2) is 68.2 Å². The number of hydrogen-bond donors (Lipinski definition) is 4. The van der Waals surface area contributed by atoms with Crippen molar-refractivity contribution in [3.63, 3.8) is 0 Å². The molecule has 0 bridgehead atoms. The molecule has 0 spiro atoms. The molecule has 2 aromatic heterocycles. The lowest BCUT2D eigenvalue weighted by Gasteiger charge is -2.41. The number of hydrogen-bond acceptors (Lipinski definition) is 14. The molecule has 0 radical (unpaired) electrons. The molecular formula is C39H64N4O11S2. The van der Waals surface area contributed by atoms with E-state index < -0.39 is 64.3 Å². The Morgan fingerprint density at radius 1 is 0.661 bits per heavy atom. The minimum atomic E-state index is -0.944. The van der Waals surface area contributed by atoms with Gasteiger partial charge in [-0.25, -0.2) is 0 Å². The summed E-state index contributed by atoms with van der Waals surface area (Å²) >= 11 is 2.67. The van der Waals surface area contributed by atoms with E-state index in [0.29, 0.717) is 40.4 Å². The number of rotatable bonds is 9. The fourth-order valence-corrected chi connectivity index (χ4v) is 9.19. The van der Waals surface area contributed by atoms with Crippen molar-refractivity contribution in [3.05, 3.63) is 32.0 Å². The van der Waals surface area contributed by atoms with E-state index in [9.17, 15) is 28.8 Å². The molecule has 3 amide bonds. The van der Waals surface area contributed by atoms with Crippen LogP contribution in [0.1, 0.15) is 139 Å². The third-order valence-electron chi connectivity index (χ3n) is 8.72. The number of nitrogen functional groups attached to an aromatic ring is 1. The molecule has 0 saturated carbocycles. The number of methoxy groups -OCH3 is 3. The van der Waals surface area contributed by atoms with Gasteiger partial charge >= 0.3 is 17.9 Å². The summed E-state index contributed by atoms with van der Waals surface area (Å²) in [4.78, 5) is 71.4. The van der Waals surface area contributed by atoms with Crippen molar-refractivity contribution in [1.82, 2.24) is 0 Å². The van der Waals surface area contributed by atoms with Gasteiger partial charge in [-0.15, -0.1) is 22.7 Å². The SMILES string of the molecule is C.C.CC1(C)Cc2c(sc(N)c2C(N)=O)C(C)(C)O1.CCC(C(=O)Nc1sc2c(c1C(N)=O)CC(C)(C)OC2(C)C)C(=O)OC.CCC(C(=O)OC)C(=O)OC. The lowest BCUT2D eigenvalue weighted by atomic mass is 9.86. The smallest absolute Gasteiger partial charge is 0.320 e. The second-order valence-corrected chi connectivity index (χ2v) is 17.1. The fraction of sp³-hybridized carbons (Fsp3) is 0.641. The molecule has 0 saturated heterocycles. The molecule has 2 aromatic rings. The van der Waals surface area contributed by atoms with Crippen molar-refractivity contribution in [2.75, 3.05) is 32.4 Å². The first-order chi connectivity index (χ1) is 24.7. The Labute approximate surface area is 339 Å². The van der Waals surface area contributed by atoms with E-state index in [1.54, 1.807) is 13.8 Å². The molecule has 56 heavy (non-hydrogen) atoms. The van der Waals surface area contributed by atoms with Gasteiger partial charge in [-0.3, -0.25) is 28.8 Å². The van der Waals surface area contributed by atoms with Gasteiger partial charge in [-0.05, 0) is 79.4 Å². The topological polar surface area (TPSA) is 239 Å². The van der Waals surface area contributed by atoms with E-state index in [0.717, 1.165) is 20.9 Å². The van der Waals surface area contributed by atoms with Crippen LogP contribution in [0.5, 0.6) is 0 Å². The van der Waals surface area contributed by atoms with Crippen molar-refractivity contribution < 1.29 is 52.5 Å². The molecule has 1 unspecified atom stereocenters. The largest absolute Gasteiger partial charge is 0.468 e. The zero-order chi connectivity index (χ0) is 41.7. The number of primary amides is 2. The first-order valence-corrected chi connectivity index (χ1v) is 19.0. The summed E-state index contributed by atoms with van der Waals surface area (Å²) in [5.41, 5.74) is 17.6. The minimum absolute atomic E-state index is 0. The van der Waals surface area contributed by atoms with Gasteiger partial charge in [0.15, 0.2) is 5.92 Å². The van der Waals surface area contributed by atoms with Gasteiger partial charge in [-0.1, -0.05) is 28.7 Å². The van der Waals surface area contributed by atoms with Crippen molar-refractivity contribution >= 4 is 68.3 Å². The van der Waals surface area contributed by atoms with E-state index in [-0.39, 0.29) is 26.9 Å². The summed E-state index contributed by atoms with van der Waals surface area (Å²) in [5, 5.41) is 3.55. The van der Waals surface area contributed by atoms with Crippen molar-refractivity contribution in [2.45, 2.75) is 132 Å². The van der Waals surface area contributed by atoms with Crippen LogP contribution >= 0.6 is 22.7 Å². The minimum Gasteiger partial charge on any atom is -0.468 e. The Bertz CT molecular complexity index is 1740. The summed E-state index contributed by atoms with van der Waals surface area (Å²) in [7, 11) is 3.72. The van der Waals surface area contributed by atoms with Crippen LogP contribution in [-0.2, 0) is 66.9 Å². The molecule has 318 valence electrons. The molecule has 4 heterocycles. The maximum absolute atomic E-state index is 12.5. The number of nitrogens with one attached hydrogen (secondary N) is 1. The molecule has 2 aliphatic rings. The molecule has 2 aliphatic heterocycles. The predicted molar refractivity (Wildman–Crippen MR) is 220 cm³/mol. The maximum atomic E-state index is 12.5. The molecule has 0 aromatic carbocycles. The number of carbonyl (C=O) groups is 6. The van der Waals surface area contributed by atoms with Gasteiger partial charge in [0.25, 0.3) is 11.8 Å². The quantitative estimate of drug-likeness (QED) is 0.125. The standard InChI is InChI=1S/C18H26N2O5S.C12H18N2O2S.C7H12O4.2CH4/c1-7-9(16(23)24-6)14(22)20-15-11(13(19)21)10-8-17(2,3)25-18(4,5)12(10)26-15;1-11(2)5-6-7(9(13)15)10(14)17-8(6)12(3,4)16-11;1-4-5(6(8)10-2)7(9)11-3;;/h9H,7-8H2,1-6H3,(H2,19,21)(H,20,22);5,14H2,1-4H3,(H2,13,15);5H,4H2,1-3H3;2*1H4. The highest BCUT2D eigenvalue weighted by molar-refractivity contribution is 7.17. The average Bonchev–Trinajstić information content (AvgIpc) is 3.57. The summed E-state index contributed by atoms with van der Waals surface area (Å²) in [6, 6.07) is 0. The van der Waals surface area contributed by atoms with Crippen LogP contribution in [0, 0.1) is 11.8 Å². The Balaban J connectivity index is 0.000000871. The van der Waals surface area contributed by atoms with E-state index in [2.05, 4.69) is 19.5 Å². The molecule has 4 rings (SSSR count). The predicted octanol–water partition coefficient (Wildman–Crippen LogP) is 6.22. The van der Waals surface area contributed by atoms with Gasteiger partial charge in [0.1, 0.15) is 10.9 Å². The van der Waals surface area contributed by atoms with Crippen molar-refractivity contribution in [3.8, 4) is 0 Å². The lowest BCUT2D eigenvalue weighted by molar-refractivity contribution is -0.159. The van der Waals surface area contributed by atoms with E-state index >= 15 is 0 Å². The molecule has 1 atom stereocenters. The molecule has 0 fully saturated rings. The molecule has 15 nitrogen and oxygen atoms in total. The highest BCUT2D eigenvalue weighted by Gasteiger charge is 2.44. The van der Waals surface area contributed by atoms with Crippen LogP contribution in [0.3, 0.4) is 0 Å². The highest BCUT2D eigenvalue weighted by atomic mass is 32.1. The summed E-state index contributed by atoms with van der Waals surface area (Å²) in [6.07, 6.45) is 1.86. The highest BCUT2D eigenvalue weighted by Crippen LogP contribution is 2.49. The average molecular weight is 829 g/mol. The van der Waals surface area contributed by atoms with Gasteiger partial charge in [0.05, 0.1) is 59.9 Å². The Morgan fingerprint density at radius 3 is 1.38 bits per heavy atom. The van der Waals surface area contributed by atoms with Gasteiger partial charge in [-0.2, -0.15) is 0 Å². The monoisotopic (exact) mass is 828 g/mol. The van der Waals surface area contributed by atoms with Crippen LogP contribution in [0.25, 0.3) is 0 Å². The van der Waals surface area contributed by atoms with Crippen molar-refractivity contribution in [1.29, 1.82) is 0 Å². The number of nitrogens with two attached hydrogens (primary N) is 3. The van der Waals surface area contributed by atoms with Crippen LogP contribution in [0.15, 0.2) is 0 Å². The number of ether oxygens (including phenoxy) is 5. The second kappa shape index (κ2) is 19.9. The van der Waals surface area contributed by atoms with Gasteiger partial charge < -0.3 is 46.2 Å². The first-order valence-electron chi connectivity index (χ1n) is 17.4. The third-order valence-corrected chi connectivity index (χ3v) is 11.5. The molecule has 0 aliphatic carbocycles. The Hall–Kier alpha value is -4.06. The summed E-state index contributed by atoms with van der Waals surface area (Å²) in [6.45, 7) is 19.2. The molecule has 17 heteroatoms. The summed E-state index contributed by atoms with van der Waals surface area (Å²) in [5.74, 6) is -5.00. The lowest BCUT2D eigenvalue weighted by Crippen LogP contribution is -2.42. The zero-order valence-corrected chi connectivity index (χ0v) is 35.2. The van der Waals surface area contributed by atoms with E-state index in [4.69, 9.17) is 26.7 Å². The second-order valence-electron chi connectivity index (χ2n) is 15.1.